The summed E-state index contributed by atoms with van der Waals surface area (Å²) < 4.78 is 62.8. The fourth-order valence-corrected chi connectivity index (χ4v) is 4.98. The molecule has 2 aliphatic carbocycles. The van der Waals surface area contributed by atoms with Crippen LogP contribution >= 0.6 is 0 Å². The molecule has 3 aliphatic rings. The van der Waals surface area contributed by atoms with E-state index in [1.54, 1.807) is 12.3 Å². The predicted molar refractivity (Wildman–Crippen MR) is 118 cm³/mol. The summed E-state index contributed by atoms with van der Waals surface area (Å²) in [4.78, 5) is 18.2. The van der Waals surface area contributed by atoms with Gasteiger partial charge in [-0.3, -0.25) is 0 Å². The van der Waals surface area contributed by atoms with E-state index in [1.807, 2.05) is 0 Å². The molecule has 35 heavy (non-hydrogen) atoms. The zero-order chi connectivity index (χ0) is 24.8. The van der Waals surface area contributed by atoms with E-state index in [0.717, 1.165) is 24.2 Å². The average Bonchev–Trinajstić information content (AvgIpc) is 3.20. The van der Waals surface area contributed by atoms with Gasteiger partial charge in [0.05, 0.1) is 56.0 Å². The molecule has 3 N–H and O–H groups in total. The van der Waals surface area contributed by atoms with Gasteiger partial charge in [0.25, 0.3) is 5.92 Å². The Balaban J connectivity index is 1.39. The van der Waals surface area contributed by atoms with Crippen molar-refractivity contribution in [2.24, 2.45) is 11.7 Å². The Morgan fingerprint density at radius 3 is 2.60 bits per heavy atom. The van der Waals surface area contributed by atoms with Crippen LogP contribution in [0.1, 0.15) is 68.3 Å². The lowest BCUT2D eigenvalue weighted by atomic mass is 9.81. The van der Waals surface area contributed by atoms with E-state index in [2.05, 4.69) is 15.4 Å². The summed E-state index contributed by atoms with van der Waals surface area (Å²) in [5.74, 6) is -5.81. The van der Waals surface area contributed by atoms with Gasteiger partial charge in [0.1, 0.15) is 0 Å². The normalized spacial score (nSPS) is 24.7. The summed E-state index contributed by atoms with van der Waals surface area (Å²) in [6, 6.07) is -0.181. The van der Waals surface area contributed by atoms with Crippen molar-refractivity contribution >= 4 is 11.7 Å². The molecule has 12 heteroatoms. The highest BCUT2D eigenvalue weighted by atomic mass is 19.3. The maximum atomic E-state index is 14.2. The number of fused-ring (bicyclic) bond motifs is 1. The lowest BCUT2D eigenvalue weighted by molar-refractivity contribution is -0.0673. The molecule has 8 nitrogen and oxygen atoms in total. The van der Waals surface area contributed by atoms with E-state index in [1.165, 1.54) is 10.7 Å². The highest BCUT2D eigenvalue weighted by Crippen LogP contribution is 2.40. The molecule has 5 rings (SSSR count). The van der Waals surface area contributed by atoms with Gasteiger partial charge in [-0.1, -0.05) is 0 Å². The number of nitrogens with zero attached hydrogens (tertiary/aromatic N) is 4. The summed E-state index contributed by atoms with van der Waals surface area (Å²) in [6.07, 6.45) is 6.36. The van der Waals surface area contributed by atoms with Gasteiger partial charge < -0.3 is 20.7 Å². The molecule has 0 bridgehead atoms. The number of nitrogens with one attached hydrogen (secondary N) is 1. The Kier molecular flexibility index (Phi) is 6.37. The number of alkyl halides is 4. The van der Waals surface area contributed by atoms with Crippen LogP contribution in [0.5, 0.6) is 0 Å². The lowest BCUT2D eigenvalue weighted by Crippen LogP contribution is -2.58. The van der Waals surface area contributed by atoms with Crippen molar-refractivity contribution < 1.29 is 27.1 Å². The topological polar surface area (TPSA) is 97.8 Å². The molecular formula is C23H30F4N6O2. The second-order valence-corrected chi connectivity index (χ2v) is 10.0. The number of carbonyl (C=O) groups excluding carboxylic acids is 1. The van der Waals surface area contributed by atoms with Gasteiger partial charge in [-0.25, -0.2) is 31.9 Å². The highest BCUT2D eigenvalue weighted by Gasteiger charge is 2.43. The van der Waals surface area contributed by atoms with E-state index in [4.69, 9.17) is 10.5 Å². The maximum Gasteiger partial charge on any atom is 0.318 e. The van der Waals surface area contributed by atoms with Crippen molar-refractivity contribution in [3.63, 3.8) is 0 Å². The standard InChI is InChI=1S/C23H30F4N6O2/c24-22(25)6-4-14(5-7-22)20(28)17-10-33-19(31-17)8-15(9-30-33)18(11-35-16-2-1-3-16)32-13-23(26,27)12-29-21(32)34/h8-10,14,16,18,20H,1-7,11-13,28H2,(H,29,34)/t18?,20-/m0/s1. The Bertz CT molecular complexity index is 1070. The number of hydrogen-bond acceptors (Lipinski definition) is 5. The number of halogens is 4. The molecule has 2 aromatic heterocycles. The van der Waals surface area contributed by atoms with Crippen LogP contribution in [0.25, 0.3) is 5.65 Å². The zero-order valence-electron chi connectivity index (χ0n) is 19.3. The Morgan fingerprint density at radius 2 is 1.91 bits per heavy atom. The first kappa shape index (κ1) is 24.2. The summed E-state index contributed by atoms with van der Waals surface area (Å²) in [7, 11) is 0. The first-order valence-corrected chi connectivity index (χ1v) is 12.1. The number of hydrogen-bond donors (Lipinski definition) is 2. The zero-order valence-corrected chi connectivity index (χ0v) is 19.3. The summed E-state index contributed by atoms with van der Waals surface area (Å²) >= 11 is 0. The van der Waals surface area contributed by atoms with Crippen molar-refractivity contribution in [2.75, 3.05) is 19.7 Å². The molecule has 2 atom stereocenters. The number of ether oxygens (including phenoxy) is 1. The minimum absolute atomic E-state index is 0.0569. The molecule has 2 saturated carbocycles. The van der Waals surface area contributed by atoms with Crippen molar-refractivity contribution in [2.45, 2.75) is 75.0 Å². The van der Waals surface area contributed by atoms with Crippen molar-refractivity contribution in [3.05, 3.63) is 29.7 Å². The van der Waals surface area contributed by atoms with E-state index >= 15 is 0 Å². The van der Waals surface area contributed by atoms with Gasteiger partial charge in [0, 0.05) is 18.4 Å². The molecule has 0 spiro atoms. The summed E-state index contributed by atoms with van der Waals surface area (Å²) in [5, 5.41) is 6.62. The predicted octanol–water partition coefficient (Wildman–Crippen LogP) is 3.83. The van der Waals surface area contributed by atoms with Crippen LogP contribution in [0.15, 0.2) is 18.5 Å². The van der Waals surface area contributed by atoms with Gasteiger partial charge in [-0.2, -0.15) is 5.10 Å². The second-order valence-electron chi connectivity index (χ2n) is 10.0. The van der Waals surface area contributed by atoms with Gasteiger partial charge in [-0.15, -0.1) is 0 Å². The number of carbonyl (C=O) groups is 1. The van der Waals surface area contributed by atoms with E-state index in [-0.39, 0.29) is 31.5 Å². The third-order valence-electron chi connectivity index (χ3n) is 7.43. The van der Waals surface area contributed by atoms with Crippen LogP contribution in [-0.2, 0) is 4.74 Å². The minimum Gasteiger partial charge on any atom is -0.376 e. The summed E-state index contributed by atoms with van der Waals surface area (Å²) in [5.41, 5.74) is 7.87. The first-order valence-electron chi connectivity index (χ1n) is 12.1. The monoisotopic (exact) mass is 498 g/mol. The maximum absolute atomic E-state index is 14.2. The molecule has 0 radical (unpaired) electrons. The van der Waals surface area contributed by atoms with E-state index in [0.29, 0.717) is 29.7 Å². The third kappa shape index (κ3) is 5.23. The Labute approximate surface area is 200 Å². The number of rotatable bonds is 7. The number of imidazole rings is 1. The van der Waals surface area contributed by atoms with Crippen molar-refractivity contribution in [1.29, 1.82) is 0 Å². The van der Waals surface area contributed by atoms with E-state index in [9.17, 15) is 22.4 Å². The quantitative estimate of drug-likeness (QED) is 0.566. The molecule has 1 aliphatic heterocycles. The number of nitrogens with two attached hydrogens (primary N) is 1. The second kappa shape index (κ2) is 9.20. The fraction of sp³-hybridized carbons (Fsp3) is 0.696. The molecule has 2 aromatic rings. The molecule has 1 saturated heterocycles. The molecule has 192 valence electrons. The summed E-state index contributed by atoms with van der Waals surface area (Å²) in [6.45, 7) is -1.36. The van der Waals surface area contributed by atoms with Gasteiger partial charge in [0.15, 0.2) is 5.65 Å². The molecule has 0 aromatic carbocycles. The van der Waals surface area contributed by atoms with Gasteiger partial charge in [0.2, 0.25) is 5.92 Å². The average molecular weight is 499 g/mol. The minimum atomic E-state index is -3.07. The fourth-order valence-electron chi connectivity index (χ4n) is 4.98. The van der Waals surface area contributed by atoms with Crippen molar-refractivity contribution in [3.8, 4) is 0 Å². The highest BCUT2D eigenvalue weighted by molar-refractivity contribution is 5.76. The number of amides is 2. The van der Waals surface area contributed by atoms with Crippen LogP contribution in [0.2, 0.25) is 0 Å². The van der Waals surface area contributed by atoms with E-state index < -0.39 is 43.0 Å². The van der Waals surface area contributed by atoms with Crippen molar-refractivity contribution in [1.82, 2.24) is 24.8 Å². The smallest absolute Gasteiger partial charge is 0.318 e. The third-order valence-corrected chi connectivity index (χ3v) is 7.43. The van der Waals surface area contributed by atoms with Gasteiger partial charge in [-0.05, 0) is 44.1 Å². The molecule has 1 unspecified atom stereocenters. The SMILES string of the molecule is N[C@H](c1cn2ncc(C(COC3CCC3)N3CC(F)(F)CNC3=O)cc2n1)C1CCC(F)(F)CC1. The number of aromatic nitrogens is 3. The molecular weight excluding hydrogens is 468 g/mol. The van der Waals surface area contributed by atoms with Crippen LogP contribution in [0.4, 0.5) is 22.4 Å². The van der Waals surface area contributed by atoms with Crippen LogP contribution in [0, 0.1) is 5.92 Å². The lowest BCUT2D eigenvalue weighted by Gasteiger charge is -2.39. The van der Waals surface area contributed by atoms with Crippen LogP contribution in [-0.4, -0.2) is 63.2 Å². The molecule has 3 heterocycles. The molecule has 3 fully saturated rings. The Hall–Kier alpha value is -2.47. The van der Waals surface area contributed by atoms with Crippen LogP contribution < -0.4 is 11.1 Å². The molecule has 2 amide bonds. The van der Waals surface area contributed by atoms with Crippen LogP contribution in [0.3, 0.4) is 0 Å². The van der Waals surface area contributed by atoms with Gasteiger partial charge >= 0.3 is 6.03 Å². The largest absolute Gasteiger partial charge is 0.376 e. The number of urea groups is 1. The Morgan fingerprint density at radius 1 is 1.17 bits per heavy atom. The first-order chi connectivity index (χ1) is 16.6.